The molecule has 0 unspecified atom stereocenters. The molecular formula is C13H18NO6+. The Hall–Kier alpha value is -2.18. The monoisotopic (exact) mass is 284 g/mol. The number of ether oxygens (including phenoxy) is 3. The summed E-state index contributed by atoms with van der Waals surface area (Å²) in [7, 11) is 0. The van der Waals surface area contributed by atoms with Crippen LogP contribution in [0.4, 0.5) is 4.79 Å². The van der Waals surface area contributed by atoms with Crippen LogP contribution in [-0.4, -0.2) is 55.8 Å². The zero-order valence-corrected chi connectivity index (χ0v) is 11.4. The third kappa shape index (κ3) is 5.64. The van der Waals surface area contributed by atoms with Crippen LogP contribution in [0.15, 0.2) is 12.2 Å². The van der Waals surface area contributed by atoms with E-state index in [0.717, 1.165) is 6.42 Å². The third-order valence-corrected chi connectivity index (χ3v) is 2.50. The highest BCUT2D eigenvalue weighted by Crippen LogP contribution is 2.07. The second kappa shape index (κ2) is 8.08. The van der Waals surface area contributed by atoms with Crippen LogP contribution in [0.25, 0.3) is 0 Å². The maximum atomic E-state index is 11.2. The molecule has 0 spiro atoms. The molecule has 0 saturated carbocycles. The molecule has 0 atom stereocenters. The van der Waals surface area contributed by atoms with Crippen LogP contribution < -0.4 is 0 Å². The molecule has 1 saturated heterocycles. The zero-order chi connectivity index (χ0) is 15.0. The van der Waals surface area contributed by atoms with E-state index >= 15 is 0 Å². The normalized spacial score (nSPS) is 13.7. The molecule has 1 heterocycles. The minimum absolute atomic E-state index is 0.0475. The summed E-state index contributed by atoms with van der Waals surface area (Å²) in [6.07, 6.45) is 1.46. The van der Waals surface area contributed by atoms with E-state index < -0.39 is 12.1 Å². The van der Waals surface area contributed by atoms with Gasteiger partial charge in [0.25, 0.3) is 0 Å². The lowest BCUT2D eigenvalue weighted by Crippen LogP contribution is -2.29. The first kappa shape index (κ1) is 15.9. The predicted octanol–water partition coefficient (Wildman–Crippen LogP) is 0.695. The van der Waals surface area contributed by atoms with Gasteiger partial charge in [0.2, 0.25) is 0 Å². The summed E-state index contributed by atoms with van der Waals surface area (Å²) in [6.45, 7) is 5.85. The Kier molecular flexibility index (Phi) is 6.42. The van der Waals surface area contributed by atoms with Gasteiger partial charge in [-0.25, -0.2) is 14.4 Å². The first-order chi connectivity index (χ1) is 9.50. The Morgan fingerprint density at radius 2 is 1.90 bits per heavy atom. The molecule has 1 aliphatic heterocycles. The first-order valence-electron chi connectivity index (χ1n) is 6.25. The zero-order valence-electron chi connectivity index (χ0n) is 11.4. The second-order valence-electron chi connectivity index (χ2n) is 4.18. The van der Waals surface area contributed by atoms with E-state index in [-0.39, 0.29) is 31.3 Å². The van der Waals surface area contributed by atoms with Gasteiger partial charge >= 0.3 is 18.0 Å². The minimum Gasteiger partial charge on any atom is -0.459 e. The molecule has 110 valence electrons. The van der Waals surface area contributed by atoms with Crippen molar-refractivity contribution in [1.29, 1.82) is 0 Å². The van der Waals surface area contributed by atoms with Crippen LogP contribution in [0.2, 0.25) is 0 Å². The van der Waals surface area contributed by atoms with Crippen molar-refractivity contribution in [2.75, 3.05) is 32.9 Å². The van der Waals surface area contributed by atoms with Crippen molar-refractivity contribution in [2.24, 2.45) is 0 Å². The van der Waals surface area contributed by atoms with Crippen molar-refractivity contribution >= 4 is 18.0 Å². The van der Waals surface area contributed by atoms with Crippen LogP contribution in [0, 0.1) is 6.42 Å². The van der Waals surface area contributed by atoms with Gasteiger partial charge in [0.05, 0.1) is 13.1 Å². The van der Waals surface area contributed by atoms with Crippen molar-refractivity contribution in [2.45, 2.75) is 13.3 Å². The molecule has 20 heavy (non-hydrogen) atoms. The number of esters is 1. The number of amides is 1. The lowest BCUT2D eigenvalue weighted by Gasteiger charge is -2.11. The van der Waals surface area contributed by atoms with Crippen LogP contribution in [0.1, 0.15) is 13.3 Å². The molecule has 0 N–H and O–H groups in total. The van der Waals surface area contributed by atoms with Gasteiger partial charge in [-0.05, 0) is 6.92 Å². The van der Waals surface area contributed by atoms with E-state index in [9.17, 15) is 14.4 Å². The quantitative estimate of drug-likeness (QED) is 0.296. The van der Waals surface area contributed by atoms with Crippen molar-refractivity contribution in [3.05, 3.63) is 18.6 Å². The van der Waals surface area contributed by atoms with Crippen LogP contribution in [0.3, 0.4) is 0 Å². The predicted molar refractivity (Wildman–Crippen MR) is 68.6 cm³/mol. The number of likely N-dealkylation sites (tertiary alicyclic amines) is 1. The van der Waals surface area contributed by atoms with E-state index in [1.807, 2.05) is 0 Å². The summed E-state index contributed by atoms with van der Waals surface area (Å²) in [5, 5.41) is 0. The number of hydrogen-bond donors (Lipinski definition) is 0. The Bertz CT molecular complexity index is 392. The standard InChI is InChI=1S/C13H18NO6/c1-10(2)12(16)18-8-9-20-13(17)19-7-6-14-5-3-4-11(14)15/h4H,1,3,5-9H2,2H3/q+1. The lowest BCUT2D eigenvalue weighted by atomic mass is 10.4. The maximum absolute atomic E-state index is 11.2. The summed E-state index contributed by atoms with van der Waals surface area (Å²) < 4.78 is 14.2. The van der Waals surface area contributed by atoms with Gasteiger partial charge in [-0.15, -0.1) is 0 Å². The van der Waals surface area contributed by atoms with Gasteiger partial charge in [0.1, 0.15) is 26.2 Å². The fraction of sp³-hybridized carbons (Fsp3) is 0.538. The fourth-order valence-corrected chi connectivity index (χ4v) is 1.47. The second-order valence-corrected chi connectivity index (χ2v) is 4.18. The molecule has 0 radical (unpaired) electrons. The van der Waals surface area contributed by atoms with E-state index in [1.165, 1.54) is 6.92 Å². The molecule has 1 amide bonds. The average molecular weight is 284 g/mol. The van der Waals surface area contributed by atoms with Gasteiger partial charge in [-0.3, -0.25) is 4.90 Å². The highest BCUT2D eigenvalue weighted by Gasteiger charge is 2.29. The molecular weight excluding hydrogens is 266 g/mol. The van der Waals surface area contributed by atoms with Crippen molar-refractivity contribution in [3.8, 4) is 0 Å². The van der Waals surface area contributed by atoms with Gasteiger partial charge in [0.15, 0.2) is 6.42 Å². The van der Waals surface area contributed by atoms with Crippen LogP contribution in [0.5, 0.6) is 0 Å². The van der Waals surface area contributed by atoms with Crippen molar-refractivity contribution < 1.29 is 28.6 Å². The molecule has 0 aromatic rings. The first-order valence-corrected chi connectivity index (χ1v) is 6.25. The number of nitrogens with zero attached hydrogens (tertiary/aromatic N) is 1. The molecule has 1 rings (SSSR count). The van der Waals surface area contributed by atoms with E-state index in [0.29, 0.717) is 13.1 Å². The van der Waals surface area contributed by atoms with Gasteiger partial charge < -0.3 is 14.2 Å². The smallest absolute Gasteiger partial charge is 0.459 e. The maximum Gasteiger partial charge on any atom is 0.508 e. The summed E-state index contributed by atoms with van der Waals surface area (Å²) in [5.74, 6) is -0.584. The van der Waals surface area contributed by atoms with Crippen LogP contribution in [-0.2, 0) is 23.8 Å². The third-order valence-electron chi connectivity index (χ3n) is 2.50. The minimum atomic E-state index is -0.855. The number of hydrogen-bond acceptors (Lipinski definition) is 6. The van der Waals surface area contributed by atoms with Gasteiger partial charge in [-0.2, -0.15) is 0 Å². The van der Waals surface area contributed by atoms with Gasteiger partial charge in [0, 0.05) is 5.57 Å². The summed E-state index contributed by atoms with van der Waals surface area (Å²) in [4.78, 5) is 35.0. The molecule has 1 aliphatic rings. The van der Waals surface area contributed by atoms with Gasteiger partial charge in [-0.1, -0.05) is 6.58 Å². The summed E-state index contributed by atoms with van der Waals surface area (Å²) >= 11 is 0. The summed E-state index contributed by atoms with van der Waals surface area (Å²) in [5.41, 5.74) is 0.277. The molecule has 0 bridgehead atoms. The van der Waals surface area contributed by atoms with E-state index in [1.54, 1.807) is 11.3 Å². The Morgan fingerprint density at radius 1 is 1.25 bits per heavy atom. The summed E-state index contributed by atoms with van der Waals surface area (Å²) in [6, 6.07) is 0. The Morgan fingerprint density at radius 3 is 2.50 bits per heavy atom. The van der Waals surface area contributed by atoms with E-state index in [2.05, 4.69) is 11.3 Å². The molecule has 0 aliphatic carbocycles. The van der Waals surface area contributed by atoms with E-state index in [4.69, 9.17) is 9.47 Å². The topological polar surface area (TPSA) is 82.1 Å². The van der Waals surface area contributed by atoms with Crippen LogP contribution >= 0.6 is 0 Å². The molecule has 0 aromatic carbocycles. The highest BCUT2D eigenvalue weighted by atomic mass is 16.7. The van der Waals surface area contributed by atoms with Crippen molar-refractivity contribution in [1.82, 2.24) is 4.90 Å². The largest absolute Gasteiger partial charge is 0.508 e. The number of carbonyl (C=O) groups is 3. The number of rotatable bonds is 7. The average Bonchev–Trinajstić information content (AvgIpc) is 2.80. The highest BCUT2D eigenvalue weighted by molar-refractivity contribution is 5.87. The molecule has 1 fully saturated rings. The van der Waals surface area contributed by atoms with Crippen molar-refractivity contribution in [3.63, 3.8) is 0 Å². The molecule has 7 nitrogen and oxygen atoms in total. The number of carbonyl (C=O) groups excluding carboxylic acids is 3. The fourth-order valence-electron chi connectivity index (χ4n) is 1.47. The SMILES string of the molecule is C=C(C)C(=O)OCCOC(=O)OCCN1CC[CH+]C1=O. The molecule has 7 heteroatoms. The Labute approximate surface area is 117 Å². The lowest BCUT2D eigenvalue weighted by molar-refractivity contribution is -0.140. The molecule has 0 aromatic heterocycles. The Balaban J connectivity index is 2.02.